The number of hydrogen-bond acceptors (Lipinski definition) is 3. The highest BCUT2D eigenvalue weighted by Crippen LogP contribution is 2.27. The molecular formula is C16H26N2OS. The fraction of sp³-hybridized carbons (Fsp3) is 0.562. The summed E-state index contributed by atoms with van der Waals surface area (Å²) in [5, 5.41) is 0. The molecule has 20 heavy (non-hydrogen) atoms. The summed E-state index contributed by atoms with van der Waals surface area (Å²) < 4.78 is 5.25. The van der Waals surface area contributed by atoms with Crippen LogP contribution >= 0.6 is 12.2 Å². The Bertz CT molecular complexity index is 397. The molecule has 1 aromatic rings. The zero-order valence-electron chi connectivity index (χ0n) is 12.7. The van der Waals surface area contributed by atoms with Crippen molar-refractivity contribution in [1.82, 2.24) is 4.90 Å². The third-order valence-electron chi connectivity index (χ3n) is 3.69. The van der Waals surface area contributed by atoms with E-state index < -0.39 is 0 Å². The van der Waals surface area contributed by atoms with E-state index in [1.807, 2.05) is 6.07 Å². The van der Waals surface area contributed by atoms with Crippen LogP contribution in [0, 0.1) is 0 Å². The van der Waals surface area contributed by atoms with E-state index in [2.05, 4.69) is 43.0 Å². The summed E-state index contributed by atoms with van der Waals surface area (Å²) in [6.07, 6.45) is 1.79. The summed E-state index contributed by atoms with van der Waals surface area (Å²) in [7, 11) is 1.74. The Morgan fingerprint density at radius 3 is 2.50 bits per heavy atom. The molecule has 2 unspecified atom stereocenters. The van der Waals surface area contributed by atoms with Gasteiger partial charge in [0.15, 0.2) is 0 Å². The third-order valence-corrected chi connectivity index (χ3v) is 3.86. The van der Waals surface area contributed by atoms with Crippen molar-refractivity contribution in [1.29, 1.82) is 0 Å². The van der Waals surface area contributed by atoms with E-state index in [-0.39, 0.29) is 6.04 Å². The highest BCUT2D eigenvalue weighted by atomic mass is 32.1. The summed E-state index contributed by atoms with van der Waals surface area (Å²) in [5.74, 6) is 0. The second kappa shape index (κ2) is 9.06. The molecule has 0 aliphatic heterocycles. The van der Waals surface area contributed by atoms with Crippen LogP contribution < -0.4 is 5.73 Å². The number of nitrogens with zero attached hydrogens (tertiary/aromatic N) is 1. The second-order valence-corrected chi connectivity index (χ2v) is 5.61. The lowest BCUT2D eigenvalue weighted by molar-refractivity contribution is 0.0899. The summed E-state index contributed by atoms with van der Waals surface area (Å²) in [6, 6.07) is 11.1. The summed E-state index contributed by atoms with van der Waals surface area (Å²) in [4.78, 5) is 3.00. The van der Waals surface area contributed by atoms with E-state index in [4.69, 9.17) is 22.7 Å². The van der Waals surface area contributed by atoms with Crippen LogP contribution in [0.25, 0.3) is 0 Å². The molecule has 0 saturated carbocycles. The lowest BCUT2D eigenvalue weighted by Gasteiger charge is -2.36. The molecule has 0 fully saturated rings. The molecule has 2 N–H and O–H groups in total. The largest absolute Gasteiger partial charge is 0.393 e. The molecule has 0 radical (unpaired) electrons. The maximum absolute atomic E-state index is 5.81. The van der Waals surface area contributed by atoms with Gasteiger partial charge in [-0.15, -0.1) is 0 Å². The molecule has 3 nitrogen and oxygen atoms in total. The smallest absolute Gasteiger partial charge is 0.0746 e. The van der Waals surface area contributed by atoms with Crippen LogP contribution in [0.1, 0.15) is 38.3 Å². The minimum Gasteiger partial charge on any atom is -0.393 e. The van der Waals surface area contributed by atoms with Crippen LogP contribution in [0.5, 0.6) is 0 Å². The van der Waals surface area contributed by atoms with Crippen LogP contribution in [0.15, 0.2) is 30.3 Å². The Balaban J connectivity index is 3.00. The first kappa shape index (κ1) is 17.1. The van der Waals surface area contributed by atoms with Gasteiger partial charge in [-0.2, -0.15) is 0 Å². The minimum absolute atomic E-state index is 0.221. The Labute approximate surface area is 128 Å². The monoisotopic (exact) mass is 294 g/mol. The highest BCUT2D eigenvalue weighted by molar-refractivity contribution is 7.80. The number of benzene rings is 1. The summed E-state index contributed by atoms with van der Waals surface area (Å²) >= 11 is 5.15. The minimum atomic E-state index is 0.221. The SMILES string of the molecule is CCC(C)N(CCOC)C(CC(N)=S)c1ccccc1. The van der Waals surface area contributed by atoms with E-state index >= 15 is 0 Å². The lowest BCUT2D eigenvalue weighted by Crippen LogP contribution is -2.40. The van der Waals surface area contributed by atoms with Gasteiger partial charge in [0.05, 0.1) is 11.6 Å². The van der Waals surface area contributed by atoms with Gasteiger partial charge in [0.25, 0.3) is 0 Å². The van der Waals surface area contributed by atoms with Crippen molar-refractivity contribution >= 4 is 17.2 Å². The van der Waals surface area contributed by atoms with Crippen LogP contribution in [0.4, 0.5) is 0 Å². The first-order chi connectivity index (χ1) is 9.60. The van der Waals surface area contributed by atoms with E-state index in [1.165, 1.54) is 5.56 Å². The van der Waals surface area contributed by atoms with Crippen molar-refractivity contribution in [3.63, 3.8) is 0 Å². The molecule has 0 aliphatic carbocycles. The van der Waals surface area contributed by atoms with Crippen molar-refractivity contribution in [2.75, 3.05) is 20.3 Å². The molecule has 4 heteroatoms. The highest BCUT2D eigenvalue weighted by Gasteiger charge is 2.24. The van der Waals surface area contributed by atoms with Gasteiger partial charge in [-0.3, -0.25) is 4.90 Å². The van der Waals surface area contributed by atoms with E-state index in [9.17, 15) is 0 Å². The van der Waals surface area contributed by atoms with Crippen molar-refractivity contribution in [3.8, 4) is 0 Å². The Kier molecular flexibility index (Phi) is 7.73. The standard InChI is InChI=1S/C16H26N2OS/c1-4-13(2)18(10-11-19-3)15(12-16(17)20)14-8-6-5-7-9-14/h5-9,13,15H,4,10-12H2,1-3H3,(H2,17,20). The summed E-state index contributed by atoms with van der Waals surface area (Å²) in [6.45, 7) is 6.04. The molecule has 0 saturated heterocycles. The number of ether oxygens (including phenoxy) is 1. The summed E-state index contributed by atoms with van der Waals surface area (Å²) in [5.41, 5.74) is 7.07. The van der Waals surface area contributed by atoms with Gasteiger partial charge in [-0.25, -0.2) is 0 Å². The first-order valence-electron chi connectivity index (χ1n) is 7.18. The van der Waals surface area contributed by atoms with Crippen molar-refractivity contribution in [3.05, 3.63) is 35.9 Å². The van der Waals surface area contributed by atoms with E-state index in [0.29, 0.717) is 24.1 Å². The van der Waals surface area contributed by atoms with Gasteiger partial charge in [0.1, 0.15) is 0 Å². The van der Waals surface area contributed by atoms with Gasteiger partial charge < -0.3 is 10.5 Å². The molecule has 0 bridgehead atoms. The fourth-order valence-corrected chi connectivity index (χ4v) is 2.56. The predicted molar refractivity (Wildman–Crippen MR) is 88.9 cm³/mol. The molecule has 0 heterocycles. The molecule has 0 aliphatic rings. The van der Waals surface area contributed by atoms with Gasteiger partial charge in [-0.1, -0.05) is 49.5 Å². The quantitative estimate of drug-likeness (QED) is 0.710. The van der Waals surface area contributed by atoms with Crippen LogP contribution in [-0.2, 0) is 4.74 Å². The average molecular weight is 294 g/mol. The van der Waals surface area contributed by atoms with E-state index in [1.54, 1.807) is 7.11 Å². The Morgan fingerprint density at radius 1 is 1.35 bits per heavy atom. The predicted octanol–water partition coefficient (Wildman–Crippen LogP) is 3.15. The Morgan fingerprint density at radius 2 is 2.00 bits per heavy atom. The van der Waals surface area contributed by atoms with Crippen LogP contribution in [0.3, 0.4) is 0 Å². The lowest BCUT2D eigenvalue weighted by atomic mass is 9.99. The molecular weight excluding hydrogens is 268 g/mol. The van der Waals surface area contributed by atoms with Gasteiger partial charge in [0, 0.05) is 32.2 Å². The Hall–Kier alpha value is -0.970. The number of methoxy groups -OCH3 is 1. The van der Waals surface area contributed by atoms with Crippen molar-refractivity contribution in [2.45, 2.75) is 38.8 Å². The van der Waals surface area contributed by atoms with Gasteiger partial charge in [0.2, 0.25) is 0 Å². The number of thiocarbonyl (C=S) groups is 1. The third kappa shape index (κ3) is 5.19. The average Bonchev–Trinajstić information content (AvgIpc) is 2.46. The molecule has 112 valence electrons. The maximum atomic E-state index is 5.81. The van der Waals surface area contributed by atoms with Gasteiger partial charge >= 0.3 is 0 Å². The molecule has 0 amide bonds. The zero-order valence-corrected chi connectivity index (χ0v) is 13.5. The normalized spacial score (nSPS) is 14.2. The number of hydrogen-bond donors (Lipinski definition) is 1. The van der Waals surface area contributed by atoms with E-state index in [0.717, 1.165) is 13.0 Å². The molecule has 1 rings (SSSR count). The van der Waals surface area contributed by atoms with Crippen LogP contribution in [-0.4, -0.2) is 36.2 Å². The second-order valence-electron chi connectivity index (χ2n) is 5.08. The zero-order chi connectivity index (χ0) is 15.0. The molecule has 2 atom stereocenters. The fourth-order valence-electron chi connectivity index (χ4n) is 2.41. The van der Waals surface area contributed by atoms with Crippen molar-refractivity contribution in [2.24, 2.45) is 5.73 Å². The van der Waals surface area contributed by atoms with Gasteiger partial charge in [-0.05, 0) is 18.9 Å². The topological polar surface area (TPSA) is 38.5 Å². The number of rotatable bonds is 9. The number of nitrogens with two attached hydrogens (primary N) is 1. The van der Waals surface area contributed by atoms with Crippen molar-refractivity contribution < 1.29 is 4.74 Å². The first-order valence-corrected chi connectivity index (χ1v) is 7.58. The molecule has 0 aromatic heterocycles. The molecule has 1 aromatic carbocycles. The molecule has 0 spiro atoms. The van der Waals surface area contributed by atoms with Crippen LogP contribution in [0.2, 0.25) is 0 Å². The maximum Gasteiger partial charge on any atom is 0.0746 e.